The maximum Gasteiger partial charge on any atom is 0.252 e. The summed E-state index contributed by atoms with van der Waals surface area (Å²) in [7, 11) is 0. The van der Waals surface area contributed by atoms with Gasteiger partial charge in [-0.1, -0.05) is 36.4 Å². The van der Waals surface area contributed by atoms with Gasteiger partial charge in [0.25, 0.3) is 11.8 Å². The molecule has 182 valence electrons. The van der Waals surface area contributed by atoms with Crippen molar-refractivity contribution >= 4 is 11.8 Å². The lowest BCUT2D eigenvalue weighted by molar-refractivity contribution is 0.0162. The Balaban J connectivity index is 1.42. The Labute approximate surface area is 203 Å². The molecular formula is C27H28FN3O4. The van der Waals surface area contributed by atoms with Gasteiger partial charge in [0.15, 0.2) is 0 Å². The van der Waals surface area contributed by atoms with Crippen molar-refractivity contribution < 1.29 is 23.5 Å². The maximum atomic E-state index is 13.5. The molecular weight excluding hydrogens is 449 g/mol. The van der Waals surface area contributed by atoms with Gasteiger partial charge in [-0.05, 0) is 47.5 Å². The topological polar surface area (TPSA) is 93.9 Å². The lowest BCUT2D eigenvalue weighted by Gasteiger charge is -2.35. The van der Waals surface area contributed by atoms with Crippen LogP contribution in [-0.4, -0.2) is 49.6 Å². The maximum absolute atomic E-state index is 13.5. The fraction of sp³-hybridized carbons (Fsp3) is 0.259. The quantitative estimate of drug-likeness (QED) is 0.493. The summed E-state index contributed by atoms with van der Waals surface area (Å²) in [5.74, 6) is -0.687. The van der Waals surface area contributed by atoms with E-state index < -0.39 is 5.91 Å². The number of halogens is 1. The number of carbonyl (C=O) groups excluding carboxylic acids is 2. The zero-order valence-corrected chi connectivity index (χ0v) is 19.3. The second kappa shape index (κ2) is 11.6. The van der Waals surface area contributed by atoms with E-state index in [0.717, 1.165) is 24.2 Å². The van der Waals surface area contributed by atoms with Crippen molar-refractivity contribution in [1.29, 1.82) is 0 Å². The van der Waals surface area contributed by atoms with Crippen LogP contribution in [0.5, 0.6) is 5.75 Å². The van der Waals surface area contributed by atoms with Gasteiger partial charge in [0.05, 0.1) is 24.8 Å². The van der Waals surface area contributed by atoms with E-state index in [-0.39, 0.29) is 24.4 Å². The normalized spacial score (nSPS) is 14.8. The minimum absolute atomic E-state index is 0.0970. The fourth-order valence-electron chi connectivity index (χ4n) is 4.08. The summed E-state index contributed by atoms with van der Waals surface area (Å²) in [4.78, 5) is 26.8. The van der Waals surface area contributed by atoms with E-state index in [1.807, 2.05) is 6.07 Å². The van der Waals surface area contributed by atoms with E-state index >= 15 is 0 Å². The molecule has 4 rings (SSSR count). The summed E-state index contributed by atoms with van der Waals surface area (Å²) in [6.07, 6.45) is 0. The molecule has 1 atom stereocenters. The number of ether oxygens (including phenoxy) is 2. The minimum Gasteiger partial charge on any atom is -0.488 e. The van der Waals surface area contributed by atoms with E-state index in [1.54, 1.807) is 54.6 Å². The van der Waals surface area contributed by atoms with Crippen LogP contribution in [0, 0.1) is 5.82 Å². The third-order valence-corrected chi connectivity index (χ3v) is 5.93. The fourth-order valence-corrected chi connectivity index (χ4v) is 4.08. The summed E-state index contributed by atoms with van der Waals surface area (Å²) in [6.45, 7) is 3.25. The standard InChI is InChI=1S/C27H28FN3O4/c28-22-10-8-20(9-11-22)24(31-12-14-34-15-13-31)17-30-27(33)21-5-3-4-19(16-21)18-35-25-7-2-1-6-23(25)26(29)32/h1-11,16,24H,12-15,17-18H2,(H2,29,32)(H,30,33). The van der Waals surface area contributed by atoms with E-state index in [1.165, 1.54) is 12.1 Å². The van der Waals surface area contributed by atoms with E-state index in [2.05, 4.69) is 10.2 Å². The van der Waals surface area contributed by atoms with Crippen molar-refractivity contribution in [2.45, 2.75) is 12.6 Å². The van der Waals surface area contributed by atoms with E-state index in [0.29, 0.717) is 36.6 Å². The Kier molecular flexibility index (Phi) is 8.07. The molecule has 3 N–H and O–H groups in total. The first-order chi connectivity index (χ1) is 17.0. The number of carbonyl (C=O) groups is 2. The number of benzene rings is 3. The van der Waals surface area contributed by atoms with Crippen LogP contribution in [0.1, 0.15) is 37.9 Å². The minimum atomic E-state index is -0.565. The highest BCUT2D eigenvalue weighted by atomic mass is 19.1. The molecule has 3 aromatic rings. The third-order valence-electron chi connectivity index (χ3n) is 5.93. The Hall–Kier alpha value is -3.75. The molecule has 1 aliphatic heterocycles. The molecule has 0 radical (unpaired) electrons. The van der Waals surface area contributed by atoms with Crippen LogP contribution in [0.4, 0.5) is 4.39 Å². The smallest absolute Gasteiger partial charge is 0.252 e. The molecule has 8 heteroatoms. The summed E-state index contributed by atoms with van der Waals surface area (Å²) in [5.41, 5.74) is 7.92. The zero-order chi connectivity index (χ0) is 24.6. The monoisotopic (exact) mass is 477 g/mol. The number of nitrogens with two attached hydrogens (primary N) is 1. The third kappa shape index (κ3) is 6.44. The van der Waals surface area contributed by atoms with Gasteiger partial charge < -0.3 is 20.5 Å². The molecule has 0 spiro atoms. The van der Waals surface area contributed by atoms with Crippen molar-refractivity contribution in [3.63, 3.8) is 0 Å². The highest BCUT2D eigenvalue weighted by Crippen LogP contribution is 2.22. The summed E-state index contributed by atoms with van der Waals surface area (Å²) < 4.78 is 24.7. The summed E-state index contributed by atoms with van der Waals surface area (Å²) in [5, 5.41) is 3.02. The number of rotatable bonds is 9. The van der Waals surface area contributed by atoms with Crippen LogP contribution in [0.15, 0.2) is 72.8 Å². The predicted molar refractivity (Wildman–Crippen MR) is 130 cm³/mol. The second-order valence-corrected chi connectivity index (χ2v) is 8.28. The van der Waals surface area contributed by atoms with E-state index in [4.69, 9.17) is 15.2 Å². The van der Waals surface area contributed by atoms with Gasteiger partial charge in [-0.2, -0.15) is 0 Å². The number of primary amides is 1. The molecule has 1 unspecified atom stereocenters. The van der Waals surface area contributed by atoms with E-state index in [9.17, 15) is 14.0 Å². The molecule has 2 amide bonds. The lowest BCUT2D eigenvalue weighted by atomic mass is 10.0. The molecule has 1 heterocycles. The number of hydrogen-bond donors (Lipinski definition) is 2. The Morgan fingerprint density at radius 2 is 1.77 bits per heavy atom. The molecule has 35 heavy (non-hydrogen) atoms. The zero-order valence-electron chi connectivity index (χ0n) is 19.3. The van der Waals surface area contributed by atoms with Gasteiger partial charge in [0, 0.05) is 25.2 Å². The SMILES string of the molecule is NC(=O)c1ccccc1OCc1cccc(C(=O)NCC(c2ccc(F)cc2)N2CCOCC2)c1. The first-order valence-corrected chi connectivity index (χ1v) is 11.5. The number of morpholine rings is 1. The largest absolute Gasteiger partial charge is 0.488 e. The van der Waals surface area contributed by atoms with Gasteiger partial charge in [-0.25, -0.2) is 4.39 Å². The Morgan fingerprint density at radius 1 is 1.03 bits per heavy atom. The molecule has 0 saturated carbocycles. The average Bonchev–Trinajstić information content (AvgIpc) is 2.89. The number of amides is 2. The lowest BCUT2D eigenvalue weighted by Crippen LogP contribution is -2.43. The second-order valence-electron chi connectivity index (χ2n) is 8.28. The molecule has 0 aromatic heterocycles. The van der Waals surface area contributed by atoms with Crippen molar-refractivity contribution in [3.05, 3.63) is 101 Å². The van der Waals surface area contributed by atoms with Gasteiger partial charge in [-0.3, -0.25) is 14.5 Å². The highest BCUT2D eigenvalue weighted by molar-refractivity contribution is 5.95. The van der Waals surface area contributed by atoms with Crippen molar-refractivity contribution in [2.75, 3.05) is 32.8 Å². The van der Waals surface area contributed by atoms with Crippen LogP contribution >= 0.6 is 0 Å². The number of hydrogen-bond acceptors (Lipinski definition) is 5. The van der Waals surface area contributed by atoms with Crippen molar-refractivity contribution in [2.24, 2.45) is 5.73 Å². The van der Waals surface area contributed by atoms with Gasteiger partial charge in [0.1, 0.15) is 18.2 Å². The van der Waals surface area contributed by atoms with Crippen LogP contribution in [0.2, 0.25) is 0 Å². The first-order valence-electron chi connectivity index (χ1n) is 11.5. The van der Waals surface area contributed by atoms with Crippen molar-refractivity contribution in [3.8, 4) is 5.75 Å². The molecule has 1 aliphatic rings. The molecule has 1 fully saturated rings. The Morgan fingerprint density at radius 3 is 2.51 bits per heavy atom. The van der Waals surface area contributed by atoms with Crippen molar-refractivity contribution in [1.82, 2.24) is 10.2 Å². The highest BCUT2D eigenvalue weighted by Gasteiger charge is 2.23. The number of nitrogens with one attached hydrogen (secondary N) is 1. The van der Waals surface area contributed by atoms with Gasteiger partial charge in [-0.15, -0.1) is 0 Å². The molecule has 7 nitrogen and oxygen atoms in total. The number of nitrogens with zero attached hydrogens (tertiary/aromatic N) is 1. The summed E-state index contributed by atoms with van der Waals surface area (Å²) in [6, 6.07) is 20.2. The predicted octanol–water partition coefficient (Wildman–Crippen LogP) is 3.31. The first kappa shape index (κ1) is 24.4. The van der Waals surface area contributed by atoms with Gasteiger partial charge in [0.2, 0.25) is 0 Å². The van der Waals surface area contributed by atoms with Gasteiger partial charge >= 0.3 is 0 Å². The molecule has 1 saturated heterocycles. The molecule has 0 aliphatic carbocycles. The molecule has 0 bridgehead atoms. The van der Waals surface area contributed by atoms with Crippen LogP contribution in [0.25, 0.3) is 0 Å². The molecule has 3 aromatic carbocycles. The van der Waals surface area contributed by atoms with Crippen LogP contribution < -0.4 is 15.8 Å². The van der Waals surface area contributed by atoms with Crippen LogP contribution in [-0.2, 0) is 11.3 Å². The summed E-state index contributed by atoms with van der Waals surface area (Å²) >= 11 is 0. The average molecular weight is 478 g/mol. The van der Waals surface area contributed by atoms with Crippen LogP contribution in [0.3, 0.4) is 0 Å². The number of para-hydroxylation sites is 1. The Bertz CT molecular complexity index is 1160.